The van der Waals surface area contributed by atoms with Crippen molar-refractivity contribution in [3.8, 4) is 5.69 Å². The van der Waals surface area contributed by atoms with Gasteiger partial charge in [0.25, 0.3) is 5.56 Å². The molecule has 3 heteroatoms. The Morgan fingerprint density at radius 1 is 1.12 bits per heavy atom. The molecule has 0 spiro atoms. The molecule has 3 nitrogen and oxygen atoms in total. The molecule has 0 amide bonds. The van der Waals surface area contributed by atoms with E-state index in [1.165, 1.54) is 0 Å². The largest absolute Gasteiger partial charge is 0.268 e. The van der Waals surface area contributed by atoms with Crippen LogP contribution in [0.5, 0.6) is 0 Å². The normalized spacial score (nSPS) is 11.7. The van der Waals surface area contributed by atoms with Gasteiger partial charge in [0, 0.05) is 11.8 Å². The monoisotopic (exact) mass is 216 g/mol. The minimum Gasteiger partial charge on any atom is -0.268 e. The molecule has 0 aliphatic heterocycles. The van der Waals surface area contributed by atoms with Crippen molar-refractivity contribution in [1.29, 1.82) is 0 Å². The van der Waals surface area contributed by atoms with Crippen LogP contribution in [0.1, 0.15) is 26.3 Å². The lowest BCUT2D eigenvalue weighted by atomic mass is 9.89. The van der Waals surface area contributed by atoms with Gasteiger partial charge in [-0.25, -0.2) is 0 Å². The van der Waals surface area contributed by atoms with E-state index >= 15 is 0 Å². The summed E-state index contributed by atoms with van der Waals surface area (Å²) < 4.78 is 1.77. The van der Waals surface area contributed by atoms with Crippen molar-refractivity contribution in [2.45, 2.75) is 26.2 Å². The Balaban J connectivity index is 2.51. The third-order valence-electron chi connectivity index (χ3n) is 2.57. The van der Waals surface area contributed by atoms with Crippen LogP contribution < -0.4 is 5.56 Å². The summed E-state index contributed by atoms with van der Waals surface area (Å²) in [6, 6.07) is 9.77. The standard InChI is InChI=1S/C13H16N2O/c1-13(2,3)11-9-15(14-12(11)16)10-7-5-4-6-8-10/h4-9H,1-3H3,(H,14,16). The summed E-state index contributed by atoms with van der Waals surface area (Å²) in [5.41, 5.74) is 1.62. The molecule has 2 aromatic rings. The SMILES string of the molecule is CC(C)(C)c1cn(-c2ccccc2)[nH]c1=O. The van der Waals surface area contributed by atoms with Crippen molar-refractivity contribution in [2.24, 2.45) is 0 Å². The zero-order chi connectivity index (χ0) is 11.8. The summed E-state index contributed by atoms with van der Waals surface area (Å²) in [6.07, 6.45) is 1.87. The molecule has 0 atom stereocenters. The highest BCUT2D eigenvalue weighted by Crippen LogP contribution is 2.19. The summed E-state index contributed by atoms with van der Waals surface area (Å²) >= 11 is 0. The van der Waals surface area contributed by atoms with Gasteiger partial charge >= 0.3 is 0 Å². The summed E-state index contributed by atoms with van der Waals surface area (Å²) in [6.45, 7) is 6.10. The first kappa shape index (κ1) is 10.7. The Morgan fingerprint density at radius 3 is 2.25 bits per heavy atom. The van der Waals surface area contributed by atoms with Crippen LogP contribution in [0, 0.1) is 0 Å². The van der Waals surface area contributed by atoms with E-state index in [4.69, 9.17) is 0 Å². The van der Waals surface area contributed by atoms with E-state index in [0.717, 1.165) is 11.3 Å². The number of nitrogens with one attached hydrogen (secondary N) is 1. The third kappa shape index (κ3) is 1.94. The molecule has 0 radical (unpaired) electrons. The van der Waals surface area contributed by atoms with Gasteiger partial charge in [0.05, 0.1) is 5.69 Å². The minimum absolute atomic E-state index is 0.0173. The number of hydrogen-bond donors (Lipinski definition) is 1. The Bertz CT molecular complexity index is 529. The molecule has 2 rings (SSSR count). The molecule has 0 unspecified atom stereocenters. The van der Waals surface area contributed by atoms with Gasteiger partial charge in [0.1, 0.15) is 0 Å². The fourth-order valence-electron chi connectivity index (χ4n) is 1.65. The first-order valence-electron chi connectivity index (χ1n) is 5.36. The predicted octanol–water partition coefficient (Wildman–Crippen LogP) is 2.46. The molecular formula is C13H16N2O. The average molecular weight is 216 g/mol. The van der Waals surface area contributed by atoms with Crippen LogP contribution in [0.4, 0.5) is 0 Å². The van der Waals surface area contributed by atoms with E-state index in [1.54, 1.807) is 4.68 Å². The molecule has 0 aliphatic rings. The topological polar surface area (TPSA) is 37.8 Å². The Hall–Kier alpha value is -1.77. The van der Waals surface area contributed by atoms with Crippen LogP contribution in [0.25, 0.3) is 5.69 Å². The fourth-order valence-corrected chi connectivity index (χ4v) is 1.65. The van der Waals surface area contributed by atoms with E-state index in [-0.39, 0.29) is 11.0 Å². The van der Waals surface area contributed by atoms with Crippen LogP contribution >= 0.6 is 0 Å². The number of rotatable bonds is 1. The Labute approximate surface area is 94.7 Å². The average Bonchev–Trinajstić information content (AvgIpc) is 2.61. The van der Waals surface area contributed by atoms with Crippen molar-refractivity contribution in [3.63, 3.8) is 0 Å². The van der Waals surface area contributed by atoms with Gasteiger partial charge < -0.3 is 0 Å². The smallest absolute Gasteiger partial charge is 0.268 e. The molecule has 0 saturated heterocycles. The van der Waals surface area contributed by atoms with E-state index in [9.17, 15) is 4.79 Å². The van der Waals surface area contributed by atoms with Crippen LogP contribution in [-0.4, -0.2) is 9.78 Å². The van der Waals surface area contributed by atoms with Crippen molar-refractivity contribution in [3.05, 3.63) is 52.4 Å². The Morgan fingerprint density at radius 2 is 1.75 bits per heavy atom. The highest BCUT2D eigenvalue weighted by molar-refractivity contribution is 5.32. The maximum atomic E-state index is 11.8. The first-order valence-corrected chi connectivity index (χ1v) is 5.36. The van der Waals surface area contributed by atoms with Crippen LogP contribution in [0.2, 0.25) is 0 Å². The lowest BCUT2D eigenvalue weighted by molar-refractivity contribution is 0.585. The summed E-state index contributed by atoms with van der Waals surface area (Å²) in [5.74, 6) is 0. The zero-order valence-corrected chi connectivity index (χ0v) is 9.82. The van der Waals surface area contributed by atoms with Gasteiger partial charge in [-0.1, -0.05) is 39.0 Å². The second kappa shape index (κ2) is 3.67. The van der Waals surface area contributed by atoms with Gasteiger partial charge in [-0.05, 0) is 17.5 Å². The maximum absolute atomic E-state index is 11.8. The molecule has 1 N–H and O–H groups in total. The highest BCUT2D eigenvalue weighted by atomic mass is 16.1. The van der Waals surface area contributed by atoms with Gasteiger partial charge in [-0.15, -0.1) is 0 Å². The second-order valence-corrected chi connectivity index (χ2v) is 4.94. The molecule has 0 saturated carbocycles. The molecule has 1 aromatic carbocycles. The van der Waals surface area contributed by atoms with E-state index < -0.39 is 0 Å². The summed E-state index contributed by atoms with van der Waals surface area (Å²) in [5, 5.41) is 2.83. The molecule has 0 bridgehead atoms. The van der Waals surface area contributed by atoms with Gasteiger partial charge in [0.2, 0.25) is 0 Å². The lowest BCUT2D eigenvalue weighted by Gasteiger charge is -2.14. The number of H-pyrrole nitrogens is 1. The number of para-hydroxylation sites is 1. The number of nitrogens with zero attached hydrogens (tertiary/aromatic N) is 1. The number of benzene rings is 1. The van der Waals surface area contributed by atoms with Gasteiger partial charge in [-0.2, -0.15) is 0 Å². The van der Waals surface area contributed by atoms with Crippen molar-refractivity contribution < 1.29 is 0 Å². The molecule has 16 heavy (non-hydrogen) atoms. The van der Waals surface area contributed by atoms with Gasteiger partial charge in [0.15, 0.2) is 0 Å². The summed E-state index contributed by atoms with van der Waals surface area (Å²) in [4.78, 5) is 11.8. The van der Waals surface area contributed by atoms with E-state index in [1.807, 2.05) is 57.3 Å². The molecule has 0 fully saturated rings. The number of aromatic nitrogens is 2. The second-order valence-electron chi connectivity index (χ2n) is 4.94. The molecule has 1 heterocycles. The molecule has 0 aliphatic carbocycles. The highest BCUT2D eigenvalue weighted by Gasteiger charge is 2.19. The van der Waals surface area contributed by atoms with Crippen molar-refractivity contribution in [1.82, 2.24) is 9.78 Å². The first-order chi connectivity index (χ1) is 7.48. The van der Waals surface area contributed by atoms with Crippen LogP contribution in [-0.2, 0) is 5.41 Å². The maximum Gasteiger partial charge on any atom is 0.268 e. The fraction of sp³-hybridized carbons (Fsp3) is 0.308. The number of hydrogen-bond acceptors (Lipinski definition) is 1. The molecular weight excluding hydrogens is 200 g/mol. The van der Waals surface area contributed by atoms with E-state index in [2.05, 4.69) is 5.10 Å². The van der Waals surface area contributed by atoms with E-state index in [0.29, 0.717) is 0 Å². The summed E-state index contributed by atoms with van der Waals surface area (Å²) in [7, 11) is 0. The van der Waals surface area contributed by atoms with Crippen LogP contribution in [0.15, 0.2) is 41.3 Å². The van der Waals surface area contributed by atoms with Crippen molar-refractivity contribution in [2.75, 3.05) is 0 Å². The molecule has 84 valence electrons. The van der Waals surface area contributed by atoms with Gasteiger partial charge in [-0.3, -0.25) is 14.6 Å². The quantitative estimate of drug-likeness (QED) is 0.781. The zero-order valence-electron chi connectivity index (χ0n) is 9.82. The predicted molar refractivity (Wildman–Crippen MR) is 65.1 cm³/mol. The minimum atomic E-state index is -0.131. The lowest BCUT2D eigenvalue weighted by Crippen LogP contribution is -2.20. The van der Waals surface area contributed by atoms with Crippen molar-refractivity contribution >= 4 is 0 Å². The van der Waals surface area contributed by atoms with Crippen LogP contribution in [0.3, 0.4) is 0 Å². The third-order valence-corrected chi connectivity index (χ3v) is 2.57. The Kier molecular flexibility index (Phi) is 2.46. The molecule has 1 aromatic heterocycles. The number of aromatic amines is 1.